The number of aromatic nitrogens is 1. The molecule has 0 saturated heterocycles. The molecule has 0 fully saturated rings. The van der Waals surface area contributed by atoms with Gasteiger partial charge in [-0.15, -0.1) is 11.3 Å². The molecular weight excluding hydrogens is 146 g/mol. The van der Waals surface area contributed by atoms with Crippen LogP contribution >= 0.6 is 11.3 Å². The molecule has 4 heteroatoms. The molecule has 1 aliphatic heterocycles. The summed E-state index contributed by atoms with van der Waals surface area (Å²) in [5.41, 5.74) is 3.14. The highest BCUT2D eigenvalue weighted by Gasteiger charge is 2.14. The smallest absolute Gasteiger partial charge is 0.0798 e. The van der Waals surface area contributed by atoms with Crippen LogP contribution in [0.15, 0.2) is 5.51 Å². The Balaban J connectivity index is 2.30. The summed E-state index contributed by atoms with van der Waals surface area (Å²) in [5, 5.41) is 1.83. The summed E-state index contributed by atoms with van der Waals surface area (Å²) in [6.45, 7) is 1.82. The predicted molar refractivity (Wildman–Crippen MR) is 40.4 cm³/mol. The lowest BCUT2D eigenvalue weighted by atomic mass is 10.2. The maximum absolute atomic E-state index is 5.62. The van der Waals surface area contributed by atoms with E-state index < -0.39 is 0 Å². The first-order valence-electron chi connectivity index (χ1n) is 3.27. The van der Waals surface area contributed by atoms with Gasteiger partial charge >= 0.3 is 0 Å². The Bertz CT molecular complexity index is 233. The number of thiazole rings is 1. The van der Waals surface area contributed by atoms with E-state index in [1.807, 2.05) is 10.5 Å². The number of nitrogens with two attached hydrogens (primary N) is 1. The van der Waals surface area contributed by atoms with Gasteiger partial charge in [-0.3, -0.25) is 5.84 Å². The van der Waals surface area contributed by atoms with Crippen LogP contribution in [0.2, 0.25) is 0 Å². The number of nitrogens with zero attached hydrogens (tertiary/aromatic N) is 2. The molecule has 0 atom stereocenters. The van der Waals surface area contributed by atoms with Crippen LogP contribution < -0.4 is 5.84 Å². The summed E-state index contributed by atoms with van der Waals surface area (Å²) >= 11 is 1.70. The van der Waals surface area contributed by atoms with E-state index >= 15 is 0 Å². The third-order valence-electron chi connectivity index (χ3n) is 1.71. The molecule has 2 rings (SSSR count). The van der Waals surface area contributed by atoms with Gasteiger partial charge in [0.15, 0.2) is 0 Å². The van der Waals surface area contributed by atoms with Crippen molar-refractivity contribution in [1.82, 2.24) is 9.99 Å². The van der Waals surface area contributed by atoms with Crippen LogP contribution in [0.25, 0.3) is 0 Å². The van der Waals surface area contributed by atoms with Crippen LogP contribution in [0, 0.1) is 0 Å². The molecule has 0 aliphatic carbocycles. The van der Waals surface area contributed by atoms with Gasteiger partial charge in [-0.05, 0) is 0 Å². The van der Waals surface area contributed by atoms with Gasteiger partial charge in [0.2, 0.25) is 0 Å². The fourth-order valence-corrected chi connectivity index (χ4v) is 1.98. The lowest BCUT2D eigenvalue weighted by molar-refractivity contribution is 0.264. The van der Waals surface area contributed by atoms with Crippen molar-refractivity contribution in [1.29, 1.82) is 0 Å². The Hall–Kier alpha value is -0.450. The van der Waals surface area contributed by atoms with E-state index in [4.69, 9.17) is 5.84 Å². The Morgan fingerprint density at radius 1 is 1.70 bits per heavy atom. The summed E-state index contributed by atoms with van der Waals surface area (Å²) in [7, 11) is 0. The first-order valence-corrected chi connectivity index (χ1v) is 4.15. The molecule has 0 radical (unpaired) electrons. The van der Waals surface area contributed by atoms with E-state index in [0.717, 1.165) is 19.5 Å². The Morgan fingerprint density at radius 3 is 3.50 bits per heavy atom. The topological polar surface area (TPSA) is 42.1 Å². The molecule has 0 saturated carbocycles. The summed E-state index contributed by atoms with van der Waals surface area (Å²) in [5.74, 6) is 5.62. The molecule has 10 heavy (non-hydrogen) atoms. The van der Waals surface area contributed by atoms with E-state index in [1.54, 1.807) is 11.3 Å². The first-order chi connectivity index (χ1) is 4.86. The Morgan fingerprint density at radius 2 is 2.60 bits per heavy atom. The van der Waals surface area contributed by atoms with Crippen LogP contribution in [-0.2, 0) is 13.0 Å². The second-order valence-electron chi connectivity index (χ2n) is 2.44. The van der Waals surface area contributed by atoms with E-state index in [9.17, 15) is 0 Å². The van der Waals surface area contributed by atoms with Gasteiger partial charge < -0.3 is 0 Å². The van der Waals surface area contributed by atoms with Gasteiger partial charge in [-0.1, -0.05) is 0 Å². The average molecular weight is 155 g/mol. The van der Waals surface area contributed by atoms with Gasteiger partial charge in [0.1, 0.15) is 0 Å². The van der Waals surface area contributed by atoms with Gasteiger partial charge in [-0.25, -0.2) is 9.99 Å². The zero-order valence-electron chi connectivity index (χ0n) is 5.58. The molecule has 2 heterocycles. The Labute approximate surface area is 63.5 Å². The maximum atomic E-state index is 5.62. The van der Waals surface area contributed by atoms with E-state index in [0.29, 0.717) is 0 Å². The molecule has 54 valence electrons. The normalized spacial score (nSPS) is 18.9. The fourth-order valence-electron chi connectivity index (χ4n) is 1.14. The van der Waals surface area contributed by atoms with Gasteiger partial charge in [0, 0.05) is 24.4 Å². The second kappa shape index (κ2) is 2.30. The third kappa shape index (κ3) is 0.941. The molecule has 0 bridgehead atoms. The van der Waals surface area contributed by atoms with Crippen LogP contribution in [0.1, 0.15) is 10.6 Å². The van der Waals surface area contributed by atoms with Crippen LogP contribution in [-0.4, -0.2) is 16.5 Å². The van der Waals surface area contributed by atoms with Crippen molar-refractivity contribution in [2.45, 2.75) is 13.0 Å². The van der Waals surface area contributed by atoms with Crippen molar-refractivity contribution in [3.8, 4) is 0 Å². The number of hydrogen-bond donors (Lipinski definition) is 1. The van der Waals surface area contributed by atoms with Crippen LogP contribution in [0.4, 0.5) is 0 Å². The minimum atomic E-state index is 0.875. The molecule has 1 aromatic rings. The number of rotatable bonds is 0. The monoisotopic (exact) mass is 155 g/mol. The van der Waals surface area contributed by atoms with Crippen molar-refractivity contribution in [3.05, 3.63) is 16.1 Å². The molecule has 0 unspecified atom stereocenters. The molecule has 0 aromatic carbocycles. The molecule has 1 aliphatic rings. The molecule has 3 nitrogen and oxygen atoms in total. The van der Waals surface area contributed by atoms with Crippen molar-refractivity contribution in [3.63, 3.8) is 0 Å². The SMILES string of the molecule is NN1CCc2ncsc2C1. The Kier molecular flexibility index (Phi) is 1.44. The zero-order chi connectivity index (χ0) is 6.97. The van der Waals surface area contributed by atoms with Crippen molar-refractivity contribution in [2.24, 2.45) is 5.84 Å². The number of hydrazine groups is 1. The van der Waals surface area contributed by atoms with E-state index in [1.165, 1.54) is 10.6 Å². The standard InChI is InChI=1S/C6H9N3S/c7-9-2-1-5-6(3-9)10-4-8-5/h4H,1-3,7H2. The van der Waals surface area contributed by atoms with Gasteiger partial charge in [0.25, 0.3) is 0 Å². The van der Waals surface area contributed by atoms with E-state index in [-0.39, 0.29) is 0 Å². The molecular formula is C6H9N3S. The maximum Gasteiger partial charge on any atom is 0.0798 e. The average Bonchev–Trinajstić information content (AvgIpc) is 2.33. The summed E-state index contributed by atoms with van der Waals surface area (Å²) in [6, 6.07) is 0. The summed E-state index contributed by atoms with van der Waals surface area (Å²) in [6.07, 6.45) is 1.01. The molecule has 1 aromatic heterocycles. The van der Waals surface area contributed by atoms with Crippen LogP contribution in [0.3, 0.4) is 0 Å². The molecule has 0 amide bonds. The van der Waals surface area contributed by atoms with Crippen LogP contribution in [0.5, 0.6) is 0 Å². The number of fused-ring (bicyclic) bond motifs is 1. The summed E-state index contributed by atoms with van der Waals surface area (Å²) < 4.78 is 0. The van der Waals surface area contributed by atoms with Crippen molar-refractivity contribution < 1.29 is 0 Å². The lowest BCUT2D eigenvalue weighted by Gasteiger charge is -2.19. The third-order valence-corrected chi connectivity index (χ3v) is 2.57. The minimum absolute atomic E-state index is 0.875. The minimum Gasteiger partial charge on any atom is -0.268 e. The highest BCUT2D eigenvalue weighted by atomic mass is 32.1. The second-order valence-corrected chi connectivity index (χ2v) is 3.38. The zero-order valence-corrected chi connectivity index (χ0v) is 6.40. The van der Waals surface area contributed by atoms with Crippen molar-refractivity contribution >= 4 is 11.3 Å². The van der Waals surface area contributed by atoms with E-state index in [2.05, 4.69) is 4.98 Å². The lowest BCUT2D eigenvalue weighted by Crippen LogP contribution is -2.35. The highest BCUT2D eigenvalue weighted by Crippen LogP contribution is 2.19. The molecule has 2 N–H and O–H groups in total. The highest BCUT2D eigenvalue weighted by molar-refractivity contribution is 7.09. The summed E-state index contributed by atoms with van der Waals surface area (Å²) in [4.78, 5) is 5.56. The molecule has 0 spiro atoms. The fraction of sp³-hybridized carbons (Fsp3) is 0.500. The first kappa shape index (κ1) is 6.27. The van der Waals surface area contributed by atoms with Gasteiger partial charge in [-0.2, -0.15) is 0 Å². The largest absolute Gasteiger partial charge is 0.268 e. The number of hydrogen-bond acceptors (Lipinski definition) is 4. The van der Waals surface area contributed by atoms with Crippen molar-refractivity contribution in [2.75, 3.05) is 6.54 Å². The van der Waals surface area contributed by atoms with Gasteiger partial charge in [0.05, 0.1) is 11.2 Å². The predicted octanol–water partition coefficient (Wildman–Crippen LogP) is 0.375. The quantitative estimate of drug-likeness (QED) is 0.550.